The zero-order valence-electron chi connectivity index (χ0n) is 12.0. The van der Waals surface area contributed by atoms with Gasteiger partial charge in [-0.1, -0.05) is 36.6 Å². The predicted octanol–water partition coefficient (Wildman–Crippen LogP) is 1.47. The number of nitrogens with zero attached hydrogens (tertiary/aromatic N) is 2. The van der Waals surface area contributed by atoms with Crippen LogP contribution in [0.5, 0.6) is 0 Å². The number of hydrogen-bond donors (Lipinski definition) is 2. The summed E-state index contributed by atoms with van der Waals surface area (Å²) >= 11 is 0. The molecule has 0 saturated heterocycles. The van der Waals surface area contributed by atoms with Crippen LogP contribution in [0.4, 0.5) is 4.79 Å². The van der Waals surface area contributed by atoms with Gasteiger partial charge in [0.05, 0.1) is 6.04 Å². The van der Waals surface area contributed by atoms with Gasteiger partial charge in [0.1, 0.15) is 12.9 Å². The van der Waals surface area contributed by atoms with Crippen molar-refractivity contribution in [2.45, 2.75) is 26.0 Å². The molecule has 8 heteroatoms. The van der Waals surface area contributed by atoms with Gasteiger partial charge in [-0.25, -0.2) is 4.79 Å². The van der Waals surface area contributed by atoms with E-state index >= 15 is 0 Å². The zero-order valence-corrected chi connectivity index (χ0v) is 14.2. The molecule has 2 N–H and O–H groups in total. The van der Waals surface area contributed by atoms with Crippen LogP contribution in [0.2, 0.25) is 0 Å². The molecule has 0 aliphatic heterocycles. The molecule has 1 amide bonds. The van der Waals surface area contributed by atoms with E-state index in [1.807, 2.05) is 19.1 Å². The summed E-state index contributed by atoms with van der Waals surface area (Å²) in [4.78, 5) is 22.6. The van der Waals surface area contributed by atoms with Crippen LogP contribution in [-0.2, 0) is 38.5 Å². The number of aromatic amines is 1. The fourth-order valence-corrected chi connectivity index (χ4v) is 1.54. The molecule has 0 saturated carbocycles. The largest absolute Gasteiger partial charge is 1.00 e. The van der Waals surface area contributed by atoms with Crippen molar-refractivity contribution in [3.8, 4) is 0 Å². The maximum Gasteiger partial charge on any atom is 1.00 e. The molecule has 1 heterocycles. The molecule has 0 unspecified atom stereocenters. The molecule has 1 atom stereocenters. The molecule has 0 aliphatic rings. The number of carbonyl (C=O) groups excluding carboxylic acids is 2. The number of allylic oxidation sites excluding steroid dienone is 4. The van der Waals surface area contributed by atoms with E-state index in [-0.39, 0.29) is 29.0 Å². The molecule has 0 radical (unpaired) electrons. The second-order valence-corrected chi connectivity index (χ2v) is 4.05. The molecule has 0 fully saturated rings. The van der Waals surface area contributed by atoms with Gasteiger partial charge >= 0.3 is 28.5 Å². The van der Waals surface area contributed by atoms with Crippen molar-refractivity contribution in [1.29, 1.82) is 0 Å². The average Bonchev–Trinajstić information content (AvgIpc) is 2.98. The Morgan fingerprint density at radius 3 is 2.91 bits per heavy atom. The van der Waals surface area contributed by atoms with Crippen LogP contribution < -0.4 is 5.32 Å². The second-order valence-electron chi connectivity index (χ2n) is 4.05. The minimum atomic E-state index is -0.700. The molecule has 0 aromatic carbocycles. The summed E-state index contributed by atoms with van der Waals surface area (Å²) in [5, 5.41) is 11.8. The summed E-state index contributed by atoms with van der Waals surface area (Å²) < 4.78 is 4.91. The summed E-state index contributed by atoms with van der Waals surface area (Å²) in [5.41, 5.74) is 1.31. The first-order valence-corrected chi connectivity index (χ1v) is 6.30. The van der Waals surface area contributed by atoms with Crippen molar-refractivity contribution < 1.29 is 36.7 Å². The number of alkyl carbamates (subject to hydrolysis) is 1. The van der Waals surface area contributed by atoms with Gasteiger partial charge in [-0.05, 0) is 18.9 Å². The fourth-order valence-electron chi connectivity index (χ4n) is 1.54. The van der Waals surface area contributed by atoms with Gasteiger partial charge in [0.2, 0.25) is 0 Å². The monoisotopic (exact) mass is 486 g/mol. The summed E-state index contributed by atoms with van der Waals surface area (Å²) in [6.07, 6.45) is 9.90. The first-order chi connectivity index (χ1) is 10.2. The number of aldehydes is 1. The van der Waals surface area contributed by atoms with Gasteiger partial charge in [0, 0.05) is 0 Å². The minimum absolute atomic E-state index is 0. The van der Waals surface area contributed by atoms with Gasteiger partial charge in [-0.15, -0.1) is 5.21 Å². The van der Waals surface area contributed by atoms with Crippen LogP contribution in [0.3, 0.4) is 0 Å². The number of ether oxygens (including phenoxy) is 1. The molecule has 1 aromatic heterocycles. The summed E-state index contributed by atoms with van der Waals surface area (Å²) in [6.45, 7) is 5.42. The van der Waals surface area contributed by atoms with Gasteiger partial charge in [0.15, 0.2) is 0 Å². The van der Waals surface area contributed by atoms with E-state index in [9.17, 15) is 9.59 Å². The maximum absolute atomic E-state index is 11.6. The van der Waals surface area contributed by atoms with E-state index in [1.54, 1.807) is 12.2 Å². The number of aromatic nitrogens is 3. The Hall–Kier alpha value is -1.96. The van der Waals surface area contributed by atoms with Gasteiger partial charge in [-0.2, -0.15) is 0 Å². The van der Waals surface area contributed by atoms with E-state index in [0.29, 0.717) is 18.4 Å². The molecule has 1 rings (SSSR count). The normalized spacial score (nSPS) is 12.3. The van der Waals surface area contributed by atoms with Crippen molar-refractivity contribution in [2.75, 3.05) is 0 Å². The molecule has 0 bridgehead atoms. The van der Waals surface area contributed by atoms with Gasteiger partial charge in [-0.3, -0.25) is 5.10 Å². The van der Waals surface area contributed by atoms with E-state index in [1.165, 1.54) is 0 Å². The summed E-state index contributed by atoms with van der Waals surface area (Å²) in [7, 11) is 0. The number of rotatable bonds is 8. The number of H-pyrrole nitrogens is 1. The Bertz CT molecular complexity index is 526. The number of amides is 1. The smallest absolute Gasteiger partial charge is 0.446 e. The van der Waals surface area contributed by atoms with Crippen molar-refractivity contribution in [3.63, 3.8) is 0 Å². The number of nitrogens with one attached hydrogen (secondary N) is 2. The summed E-state index contributed by atoms with van der Waals surface area (Å²) in [6, 6.07) is -0.677. The maximum atomic E-state index is 11.6. The minimum Gasteiger partial charge on any atom is -0.446 e. The van der Waals surface area contributed by atoms with Crippen LogP contribution >= 0.6 is 0 Å². The first-order valence-electron chi connectivity index (χ1n) is 6.30. The number of carbonyl (C=O) groups is 2. The Balaban J connectivity index is 0.00000441. The molecule has 22 heavy (non-hydrogen) atoms. The predicted molar refractivity (Wildman–Crippen MR) is 76.1 cm³/mol. The average molecular weight is 486 g/mol. The third kappa shape index (κ3) is 7.73. The molecular weight excluding hydrogens is 469 g/mol. The fraction of sp³-hybridized carbons (Fsp3) is 0.286. The Morgan fingerprint density at radius 2 is 2.36 bits per heavy atom. The van der Waals surface area contributed by atoms with Crippen molar-refractivity contribution in [3.05, 3.63) is 48.3 Å². The van der Waals surface area contributed by atoms with E-state index in [0.717, 1.165) is 5.57 Å². The third-order valence-electron chi connectivity index (χ3n) is 2.40. The standard InChI is InChI=1S/C14H17N4O3.Au/c1-3-5-11(6-4-2)7-12(9-19)16-14(20)21-10-13-8-15-18-17-13;/h3-6,9,12H,1,7,10H2,2H3,(H,16,20)(H,15,17,18);/q-1;+1/b6-4-,11-5+;/t12-;/m1./s1. The van der Waals surface area contributed by atoms with E-state index in [2.05, 4.69) is 33.5 Å². The third-order valence-corrected chi connectivity index (χ3v) is 2.40. The molecule has 0 aliphatic carbocycles. The molecular formula is C14H17AuN4O3. The Kier molecular flexibility index (Phi) is 10.6. The van der Waals surface area contributed by atoms with Crippen molar-refractivity contribution >= 4 is 12.4 Å². The van der Waals surface area contributed by atoms with Gasteiger partial charge < -0.3 is 26.1 Å². The van der Waals surface area contributed by atoms with Crippen LogP contribution in [-0.4, -0.2) is 33.8 Å². The second kappa shape index (κ2) is 11.7. The molecule has 1 aromatic rings. The molecule has 122 valence electrons. The van der Waals surface area contributed by atoms with Crippen LogP contribution in [0.25, 0.3) is 0 Å². The topological polar surface area (TPSA) is 97.0 Å². The first kappa shape index (κ1) is 20.0. The number of hydrogen-bond acceptors (Lipinski definition) is 5. The SMILES string of the molecule is C=C/C=C(\C=C/C)C[C@H](C=O)NC(=O)OCc1[c-]nn[nH]1.[Au+]. The van der Waals surface area contributed by atoms with Gasteiger partial charge in [0.25, 0.3) is 0 Å². The van der Waals surface area contributed by atoms with E-state index in [4.69, 9.17) is 4.74 Å². The van der Waals surface area contributed by atoms with Crippen molar-refractivity contribution in [2.24, 2.45) is 0 Å². The van der Waals surface area contributed by atoms with Crippen LogP contribution in [0, 0.1) is 6.20 Å². The van der Waals surface area contributed by atoms with Crippen LogP contribution in [0.15, 0.2) is 36.5 Å². The zero-order chi connectivity index (χ0) is 15.5. The van der Waals surface area contributed by atoms with Crippen LogP contribution in [0.1, 0.15) is 19.0 Å². The summed E-state index contributed by atoms with van der Waals surface area (Å²) in [5.74, 6) is 0. The van der Waals surface area contributed by atoms with Crippen molar-refractivity contribution in [1.82, 2.24) is 20.7 Å². The molecule has 0 spiro atoms. The Labute approximate surface area is 144 Å². The van der Waals surface area contributed by atoms with E-state index < -0.39 is 12.1 Å². The molecule has 7 nitrogen and oxygen atoms in total. The quantitative estimate of drug-likeness (QED) is 0.251. The Morgan fingerprint density at radius 1 is 1.59 bits per heavy atom.